The Kier molecular flexibility index (Phi) is 7.39. The Hall–Kier alpha value is -0.570. The molecule has 0 spiro atoms. The van der Waals surface area contributed by atoms with Gasteiger partial charge in [-0.05, 0) is 33.1 Å². The van der Waals surface area contributed by atoms with Gasteiger partial charge in [0.1, 0.15) is 0 Å². The van der Waals surface area contributed by atoms with Crippen molar-refractivity contribution in [3.8, 4) is 0 Å². The fourth-order valence-electron chi connectivity index (χ4n) is 1.75. The normalized spacial score (nSPS) is 13.6. The van der Waals surface area contributed by atoms with Crippen LogP contribution in [0.15, 0.2) is 0 Å². The molecule has 2 N–H and O–H groups in total. The van der Waals surface area contributed by atoms with E-state index >= 15 is 0 Å². The van der Waals surface area contributed by atoms with Gasteiger partial charge in [-0.2, -0.15) is 0 Å². The lowest BCUT2D eigenvalue weighted by Crippen LogP contribution is -2.46. The summed E-state index contributed by atoms with van der Waals surface area (Å²) in [6.07, 6.45) is 4.69. The van der Waals surface area contributed by atoms with E-state index in [4.69, 9.17) is 5.11 Å². The number of hydrogen-bond donors (Lipinski definition) is 2. The second-order valence-electron chi connectivity index (χ2n) is 5.09. The van der Waals surface area contributed by atoms with Gasteiger partial charge in [0.2, 0.25) is 5.91 Å². The van der Waals surface area contributed by atoms with Gasteiger partial charge in [-0.15, -0.1) is 0 Å². The van der Waals surface area contributed by atoms with Gasteiger partial charge in [0.05, 0.1) is 0 Å². The smallest absolute Gasteiger partial charge is 0.223 e. The molecule has 0 saturated carbocycles. The first kappa shape index (κ1) is 15.4. The summed E-state index contributed by atoms with van der Waals surface area (Å²) in [5.41, 5.74) is -0.300. The quantitative estimate of drug-likeness (QED) is 0.672. The van der Waals surface area contributed by atoms with E-state index in [0.717, 1.165) is 25.7 Å². The Morgan fingerprint density at radius 3 is 2.44 bits per heavy atom. The molecule has 3 nitrogen and oxygen atoms in total. The predicted molar refractivity (Wildman–Crippen MR) is 67.2 cm³/mol. The molecule has 0 heterocycles. The van der Waals surface area contributed by atoms with Gasteiger partial charge in [0, 0.05) is 18.1 Å². The Balaban J connectivity index is 4.19. The third-order valence-electron chi connectivity index (χ3n) is 2.97. The highest BCUT2D eigenvalue weighted by Gasteiger charge is 2.23. The number of nitrogens with one attached hydrogen (secondary N) is 1. The lowest BCUT2D eigenvalue weighted by Gasteiger charge is -2.28. The van der Waals surface area contributed by atoms with Crippen molar-refractivity contribution in [3.05, 3.63) is 0 Å². The zero-order valence-electron chi connectivity index (χ0n) is 11.2. The van der Waals surface area contributed by atoms with Crippen LogP contribution in [0.2, 0.25) is 0 Å². The minimum atomic E-state index is -0.300. The highest BCUT2D eigenvalue weighted by atomic mass is 16.3. The molecule has 0 aliphatic carbocycles. The van der Waals surface area contributed by atoms with E-state index in [1.807, 2.05) is 13.8 Å². The average molecular weight is 229 g/mol. The summed E-state index contributed by atoms with van der Waals surface area (Å²) in [6, 6.07) is 0. The van der Waals surface area contributed by atoms with Crippen molar-refractivity contribution in [2.75, 3.05) is 6.61 Å². The molecule has 0 aliphatic heterocycles. The maximum atomic E-state index is 12.0. The number of carbonyl (C=O) groups is 1. The fraction of sp³-hybridized carbons (Fsp3) is 0.923. The average Bonchev–Trinajstić information content (AvgIpc) is 2.17. The summed E-state index contributed by atoms with van der Waals surface area (Å²) < 4.78 is 0. The second-order valence-corrected chi connectivity index (χ2v) is 5.09. The lowest BCUT2D eigenvalue weighted by molar-refractivity contribution is -0.127. The van der Waals surface area contributed by atoms with E-state index in [9.17, 15) is 4.79 Å². The first-order valence-corrected chi connectivity index (χ1v) is 6.39. The van der Waals surface area contributed by atoms with Gasteiger partial charge in [-0.3, -0.25) is 4.79 Å². The molecule has 0 aliphatic rings. The highest BCUT2D eigenvalue weighted by molar-refractivity contribution is 5.79. The summed E-state index contributed by atoms with van der Waals surface area (Å²) in [5.74, 6) is 0.257. The van der Waals surface area contributed by atoms with Crippen LogP contribution in [0.1, 0.15) is 59.8 Å². The topological polar surface area (TPSA) is 49.3 Å². The summed E-state index contributed by atoms with van der Waals surface area (Å²) in [5, 5.41) is 11.9. The molecule has 0 aromatic heterocycles. The van der Waals surface area contributed by atoms with Crippen molar-refractivity contribution in [2.45, 2.75) is 65.3 Å². The van der Waals surface area contributed by atoms with Crippen molar-refractivity contribution in [2.24, 2.45) is 5.92 Å². The van der Waals surface area contributed by atoms with E-state index < -0.39 is 0 Å². The number of carbonyl (C=O) groups excluding carboxylic acids is 1. The summed E-state index contributed by atoms with van der Waals surface area (Å²) in [7, 11) is 0. The molecule has 0 aromatic carbocycles. The number of aliphatic hydroxyl groups excluding tert-OH is 1. The predicted octanol–water partition coefficient (Wildman–Crippen LogP) is 2.48. The number of hydrogen-bond acceptors (Lipinski definition) is 2. The number of rotatable bonds is 8. The van der Waals surface area contributed by atoms with Gasteiger partial charge in [0.15, 0.2) is 0 Å². The zero-order chi connectivity index (χ0) is 12.6. The second kappa shape index (κ2) is 7.66. The molecule has 3 heteroatoms. The van der Waals surface area contributed by atoms with Crippen LogP contribution in [0.5, 0.6) is 0 Å². The molecular weight excluding hydrogens is 202 g/mol. The Labute approximate surface area is 99.6 Å². The molecule has 0 fully saturated rings. The number of aliphatic hydroxyl groups is 1. The highest BCUT2D eigenvalue weighted by Crippen LogP contribution is 2.15. The molecule has 0 radical (unpaired) electrons. The van der Waals surface area contributed by atoms with Crippen molar-refractivity contribution >= 4 is 5.91 Å². The largest absolute Gasteiger partial charge is 0.396 e. The van der Waals surface area contributed by atoms with Crippen LogP contribution in [-0.2, 0) is 4.79 Å². The zero-order valence-corrected chi connectivity index (χ0v) is 11.2. The minimum Gasteiger partial charge on any atom is -0.396 e. The SMILES string of the molecule is CCCCC(CC)C(=O)NC(C)(C)CCO. The van der Waals surface area contributed by atoms with Crippen LogP contribution in [0.3, 0.4) is 0 Å². The maximum absolute atomic E-state index is 12.0. The Morgan fingerprint density at radius 1 is 1.38 bits per heavy atom. The van der Waals surface area contributed by atoms with Gasteiger partial charge in [-0.1, -0.05) is 26.7 Å². The van der Waals surface area contributed by atoms with E-state index in [0.29, 0.717) is 6.42 Å². The van der Waals surface area contributed by atoms with E-state index in [1.54, 1.807) is 0 Å². The van der Waals surface area contributed by atoms with Crippen molar-refractivity contribution in [1.82, 2.24) is 5.32 Å². The van der Waals surface area contributed by atoms with Gasteiger partial charge >= 0.3 is 0 Å². The van der Waals surface area contributed by atoms with Gasteiger partial charge in [0.25, 0.3) is 0 Å². The maximum Gasteiger partial charge on any atom is 0.223 e. The molecule has 0 aromatic rings. The summed E-state index contributed by atoms with van der Waals surface area (Å²) >= 11 is 0. The first-order valence-electron chi connectivity index (χ1n) is 6.39. The van der Waals surface area contributed by atoms with Gasteiger partial charge in [-0.25, -0.2) is 0 Å². The molecule has 16 heavy (non-hydrogen) atoms. The van der Waals surface area contributed by atoms with Crippen LogP contribution in [0.4, 0.5) is 0 Å². The van der Waals surface area contributed by atoms with Crippen molar-refractivity contribution in [1.29, 1.82) is 0 Å². The van der Waals surface area contributed by atoms with Crippen LogP contribution in [0, 0.1) is 5.92 Å². The summed E-state index contributed by atoms with van der Waals surface area (Å²) in [6.45, 7) is 8.21. The van der Waals surface area contributed by atoms with Crippen LogP contribution >= 0.6 is 0 Å². The molecule has 1 atom stereocenters. The van der Waals surface area contributed by atoms with E-state index in [-0.39, 0.29) is 24.0 Å². The minimum absolute atomic E-state index is 0.110. The monoisotopic (exact) mass is 229 g/mol. The van der Waals surface area contributed by atoms with Crippen molar-refractivity contribution < 1.29 is 9.90 Å². The third-order valence-corrected chi connectivity index (χ3v) is 2.97. The fourth-order valence-corrected chi connectivity index (χ4v) is 1.75. The van der Waals surface area contributed by atoms with Crippen molar-refractivity contribution in [3.63, 3.8) is 0 Å². The molecule has 1 amide bonds. The van der Waals surface area contributed by atoms with Crippen LogP contribution in [-0.4, -0.2) is 23.2 Å². The first-order chi connectivity index (χ1) is 7.46. The molecule has 0 saturated heterocycles. The van der Waals surface area contributed by atoms with E-state index in [2.05, 4.69) is 19.2 Å². The standard InChI is InChI=1S/C13H27NO2/c1-5-7-8-11(6-2)12(16)14-13(3,4)9-10-15/h11,15H,5-10H2,1-4H3,(H,14,16). The lowest BCUT2D eigenvalue weighted by atomic mass is 9.95. The van der Waals surface area contributed by atoms with E-state index in [1.165, 1.54) is 0 Å². The van der Waals surface area contributed by atoms with Gasteiger partial charge < -0.3 is 10.4 Å². The molecule has 1 unspecified atom stereocenters. The third kappa shape index (κ3) is 6.11. The summed E-state index contributed by atoms with van der Waals surface area (Å²) in [4.78, 5) is 12.0. The Bertz CT molecular complexity index is 202. The molecule has 96 valence electrons. The molecular formula is C13H27NO2. The number of amides is 1. The van der Waals surface area contributed by atoms with Crippen LogP contribution in [0.25, 0.3) is 0 Å². The molecule has 0 rings (SSSR count). The number of unbranched alkanes of at least 4 members (excludes halogenated alkanes) is 1. The van der Waals surface area contributed by atoms with Crippen LogP contribution < -0.4 is 5.32 Å². The Morgan fingerprint density at radius 2 is 2.00 bits per heavy atom. The molecule has 0 bridgehead atoms.